The van der Waals surface area contributed by atoms with Crippen molar-refractivity contribution in [3.63, 3.8) is 0 Å². The van der Waals surface area contributed by atoms with Crippen molar-refractivity contribution in [2.75, 3.05) is 5.73 Å². The van der Waals surface area contributed by atoms with Gasteiger partial charge in [0.15, 0.2) is 0 Å². The van der Waals surface area contributed by atoms with Crippen molar-refractivity contribution in [1.82, 2.24) is 15.1 Å². The van der Waals surface area contributed by atoms with Crippen LogP contribution in [0.15, 0.2) is 33.6 Å². The van der Waals surface area contributed by atoms with Gasteiger partial charge in [0.25, 0.3) is 5.89 Å². The van der Waals surface area contributed by atoms with Crippen LogP contribution < -0.4 is 5.73 Å². The minimum atomic E-state index is 0.461. The fourth-order valence-corrected chi connectivity index (χ4v) is 2.16. The number of nitrogen functional groups attached to an aromatic ring is 1. The summed E-state index contributed by atoms with van der Waals surface area (Å²) in [5.74, 6) is 0.955. The molecule has 18 heavy (non-hydrogen) atoms. The van der Waals surface area contributed by atoms with Gasteiger partial charge in [-0.2, -0.15) is 4.98 Å². The van der Waals surface area contributed by atoms with E-state index >= 15 is 0 Å². The lowest BCUT2D eigenvalue weighted by atomic mass is 10.1. The number of hydrogen-bond acceptors (Lipinski definition) is 6. The molecule has 6 heteroatoms. The van der Waals surface area contributed by atoms with E-state index in [-0.39, 0.29) is 0 Å². The molecular formula is C12H10N4OS. The molecule has 0 bridgehead atoms. The molecule has 3 aromatic rings. The average Bonchev–Trinajstić information content (AvgIpc) is 3.00. The second-order valence-corrected chi connectivity index (χ2v) is 4.59. The van der Waals surface area contributed by atoms with Crippen molar-refractivity contribution in [2.24, 2.45) is 0 Å². The molecule has 0 radical (unpaired) electrons. The molecule has 0 aliphatic rings. The van der Waals surface area contributed by atoms with Gasteiger partial charge in [0.2, 0.25) is 5.82 Å². The van der Waals surface area contributed by atoms with Crippen molar-refractivity contribution >= 4 is 17.0 Å². The molecule has 2 N–H and O–H groups in total. The number of anilines is 1. The van der Waals surface area contributed by atoms with Crippen LogP contribution in [0.4, 0.5) is 5.69 Å². The van der Waals surface area contributed by atoms with E-state index in [9.17, 15) is 0 Å². The molecule has 3 rings (SSSR count). The quantitative estimate of drug-likeness (QED) is 0.715. The molecule has 0 aliphatic heterocycles. The van der Waals surface area contributed by atoms with Gasteiger partial charge >= 0.3 is 0 Å². The second-order valence-electron chi connectivity index (χ2n) is 3.87. The molecule has 5 nitrogen and oxygen atoms in total. The predicted molar refractivity (Wildman–Crippen MR) is 70.0 cm³/mol. The third-order valence-corrected chi connectivity index (χ3v) is 3.17. The zero-order valence-electron chi connectivity index (χ0n) is 9.62. The molecule has 2 aromatic heterocycles. The Morgan fingerprint density at radius 3 is 3.00 bits per heavy atom. The number of nitrogens with zero attached hydrogens (tertiary/aromatic N) is 3. The van der Waals surface area contributed by atoms with Crippen LogP contribution >= 0.6 is 11.3 Å². The van der Waals surface area contributed by atoms with E-state index in [1.807, 2.05) is 30.5 Å². The van der Waals surface area contributed by atoms with E-state index in [0.29, 0.717) is 17.4 Å². The van der Waals surface area contributed by atoms with E-state index in [1.54, 1.807) is 5.51 Å². The van der Waals surface area contributed by atoms with E-state index in [0.717, 1.165) is 16.8 Å². The lowest BCUT2D eigenvalue weighted by molar-refractivity contribution is 0.432. The average molecular weight is 258 g/mol. The summed E-state index contributed by atoms with van der Waals surface area (Å²) in [7, 11) is 0. The summed E-state index contributed by atoms with van der Waals surface area (Å²) in [4.78, 5) is 8.48. The van der Waals surface area contributed by atoms with Gasteiger partial charge in [-0.3, -0.25) is 0 Å². The molecule has 0 unspecified atom stereocenters. The standard InChI is InChI=1S/C12H10N4OS/c1-7-2-3-8(13)4-9(7)12-15-11(16-17-12)10-5-18-6-14-10/h2-6H,13H2,1H3. The van der Waals surface area contributed by atoms with Crippen LogP contribution in [0, 0.1) is 6.92 Å². The van der Waals surface area contributed by atoms with Crippen LogP contribution in [0.5, 0.6) is 0 Å². The molecule has 0 spiro atoms. The highest BCUT2D eigenvalue weighted by Crippen LogP contribution is 2.26. The fourth-order valence-electron chi connectivity index (χ4n) is 1.63. The molecule has 0 aliphatic carbocycles. The highest BCUT2D eigenvalue weighted by Gasteiger charge is 2.13. The smallest absolute Gasteiger partial charge is 0.258 e. The molecule has 0 fully saturated rings. The Labute approximate surface area is 107 Å². The Balaban J connectivity index is 2.05. The second kappa shape index (κ2) is 4.23. The third-order valence-electron chi connectivity index (χ3n) is 2.58. The van der Waals surface area contributed by atoms with Gasteiger partial charge in [0, 0.05) is 16.6 Å². The Kier molecular flexibility index (Phi) is 2.56. The maximum atomic E-state index is 5.77. The Bertz CT molecular complexity index is 675. The minimum absolute atomic E-state index is 0.461. The van der Waals surface area contributed by atoms with Gasteiger partial charge in [-0.15, -0.1) is 11.3 Å². The molecule has 1 aromatic carbocycles. The first kappa shape index (κ1) is 10.9. The number of nitrogens with two attached hydrogens (primary N) is 1. The summed E-state index contributed by atoms with van der Waals surface area (Å²) >= 11 is 1.49. The van der Waals surface area contributed by atoms with E-state index in [4.69, 9.17) is 10.3 Å². The van der Waals surface area contributed by atoms with Crippen LogP contribution in [-0.2, 0) is 0 Å². The summed E-state index contributed by atoms with van der Waals surface area (Å²) < 4.78 is 5.26. The maximum Gasteiger partial charge on any atom is 0.258 e. The van der Waals surface area contributed by atoms with Gasteiger partial charge in [0.05, 0.1) is 5.51 Å². The van der Waals surface area contributed by atoms with E-state index < -0.39 is 0 Å². The highest BCUT2D eigenvalue weighted by molar-refractivity contribution is 7.07. The molecule has 0 saturated carbocycles. The Morgan fingerprint density at radius 1 is 1.33 bits per heavy atom. The van der Waals surface area contributed by atoms with Crippen LogP contribution in [-0.4, -0.2) is 15.1 Å². The first-order chi connectivity index (χ1) is 8.74. The molecule has 2 heterocycles. The Morgan fingerprint density at radius 2 is 2.22 bits per heavy atom. The van der Waals surface area contributed by atoms with Crippen molar-refractivity contribution in [2.45, 2.75) is 6.92 Å². The van der Waals surface area contributed by atoms with Crippen LogP contribution in [0.2, 0.25) is 0 Å². The zero-order chi connectivity index (χ0) is 12.5. The summed E-state index contributed by atoms with van der Waals surface area (Å²) in [5.41, 5.74) is 10.8. The van der Waals surface area contributed by atoms with Crippen LogP contribution in [0.3, 0.4) is 0 Å². The third kappa shape index (κ3) is 1.86. The van der Waals surface area contributed by atoms with Crippen molar-refractivity contribution in [3.05, 3.63) is 34.7 Å². The van der Waals surface area contributed by atoms with E-state index in [2.05, 4.69) is 15.1 Å². The van der Waals surface area contributed by atoms with E-state index in [1.165, 1.54) is 11.3 Å². The van der Waals surface area contributed by atoms with Gasteiger partial charge < -0.3 is 10.3 Å². The summed E-state index contributed by atoms with van der Waals surface area (Å²) in [6, 6.07) is 5.60. The number of rotatable bonds is 2. The number of aryl methyl sites for hydroxylation is 1. The summed E-state index contributed by atoms with van der Waals surface area (Å²) in [6.45, 7) is 1.97. The molecule has 0 atom stereocenters. The number of hydrogen-bond donors (Lipinski definition) is 1. The van der Waals surface area contributed by atoms with Crippen molar-refractivity contribution in [1.29, 1.82) is 0 Å². The summed E-state index contributed by atoms with van der Waals surface area (Å²) in [6.07, 6.45) is 0. The monoisotopic (exact) mass is 258 g/mol. The molecule has 90 valence electrons. The highest BCUT2D eigenvalue weighted by atomic mass is 32.1. The SMILES string of the molecule is Cc1ccc(N)cc1-c1nc(-c2cscn2)no1. The lowest BCUT2D eigenvalue weighted by Crippen LogP contribution is -1.89. The molecule has 0 amide bonds. The molecular weight excluding hydrogens is 248 g/mol. The molecule has 0 saturated heterocycles. The first-order valence-electron chi connectivity index (χ1n) is 5.33. The largest absolute Gasteiger partial charge is 0.399 e. The van der Waals surface area contributed by atoms with Crippen molar-refractivity contribution in [3.8, 4) is 23.0 Å². The van der Waals surface area contributed by atoms with Gasteiger partial charge in [-0.1, -0.05) is 11.2 Å². The zero-order valence-corrected chi connectivity index (χ0v) is 10.4. The maximum absolute atomic E-state index is 5.77. The van der Waals surface area contributed by atoms with Gasteiger partial charge in [-0.05, 0) is 24.6 Å². The van der Waals surface area contributed by atoms with Crippen LogP contribution in [0.1, 0.15) is 5.56 Å². The lowest BCUT2D eigenvalue weighted by Gasteiger charge is -2.01. The summed E-state index contributed by atoms with van der Waals surface area (Å²) in [5, 5.41) is 5.80. The number of aromatic nitrogens is 3. The van der Waals surface area contributed by atoms with Gasteiger partial charge in [0.1, 0.15) is 5.69 Å². The predicted octanol–water partition coefficient (Wildman–Crippen LogP) is 2.75. The number of benzene rings is 1. The normalized spacial score (nSPS) is 10.7. The van der Waals surface area contributed by atoms with Gasteiger partial charge in [-0.25, -0.2) is 4.98 Å². The Hall–Kier alpha value is -2.21. The van der Waals surface area contributed by atoms with Crippen LogP contribution in [0.25, 0.3) is 23.0 Å². The van der Waals surface area contributed by atoms with Crippen molar-refractivity contribution < 1.29 is 4.52 Å². The first-order valence-corrected chi connectivity index (χ1v) is 6.27. The minimum Gasteiger partial charge on any atom is -0.399 e. The topological polar surface area (TPSA) is 77.8 Å². The number of thiazole rings is 1. The fraction of sp³-hybridized carbons (Fsp3) is 0.0833.